The van der Waals surface area contributed by atoms with Gasteiger partial charge in [-0.3, -0.25) is 0 Å². The first-order chi connectivity index (χ1) is 7.00. The van der Waals surface area contributed by atoms with Gasteiger partial charge in [-0.15, -0.1) is 0 Å². The monoisotopic (exact) mass is 233 g/mol. The van der Waals surface area contributed by atoms with Gasteiger partial charge in [0, 0.05) is 0 Å². The lowest BCUT2D eigenvalue weighted by Gasteiger charge is -2.04. The molecule has 0 atom stereocenters. The van der Waals surface area contributed by atoms with Crippen molar-refractivity contribution in [3.63, 3.8) is 0 Å². The summed E-state index contributed by atoms with van der Waals surface area (Å²) in [6, 6.07) is 0. The molecule has 7 heteroatoms. The molecular weight excluding hydrogens is 222 g/mol. The van der Waals surface area contributed by atoms with Crippen LogP contribution < -0.4 is 0 Å². The topological polar surface area (TPSA) is 70.2 Å². The van der Waals surface area contributed by atoms with Crippen LogP contribution in [0.25, 0.3) is 0 Å². The van der Waals surface area contributed by atoms with Crippen LogP contribution in [-0.2, 0) is 11.3 Å². The molecule has 0 aliphatic carbocycles. The van der Waals surface area contributed by atoms with Crippen LogP contribution in [0.3, 0.4) is 0 Å². The molecule has 0 aliphatic heterocycles. The van der Waals surface area contributed by atoms with E-state index in [2.05, 4.69) is 5.10 Å². The van der Waals surface area contributed by atoms with E-state index in [1.165, 1.54) is 10.9 Å². The Balaban J connectivity index is 2.56. The van der Waals surface area contributed by atoms with Crippen molar-refractivity contribution >= 4 is 17.4 Å². The van der Waals surface area contributed by atoms with Gasteiger partial charge in [-0.25, -0.2) is 0 Å². The second kappa shape index (κ2) is 5.09. The number of hydrogen-bond donors (Lipinski definition) is 0. The lowest BCUT2D eigenvalue weighted by molar-refractivity contribution is -0.389. The van der Waals surface area contributed by atoms with E-state index in [1.54, 1.807) is 0 Å². The molecule has 0 saturated carbocycles. The van der Waals surface area contributed by atoms with Crippen molar-refractivity contribution in [3.05, 3.63) is 21.3 Å². The Morgan fingerprint density at radius 3 is 2.87 bits per heavy atom. The van der Waals surface area contributed by atoms with Crippen LogP contribution in [0.15, 0.2) is 6.20 Å². The fourth-order valence-electron chi connectivity index (χ4n) is 1.01. The zero-order chi connectivity index (χ0) is 11.4. The average molecular weight is 234 g/mol. The van der Waals surface area contributed by atoms with Gasteiger partial charge in [0.15, 0.2) is 5.02 Å². The van der Waals surface area contributed by atoms with Crippen molar-refractivity contribution in [2.24, 2.45) is 0 Å². The summed E-state index contributed by atoms with van der Waals surface area (Å²) in [6.45, 7) is 4.73. The second-order valence-electron chi connectivity index (χ2n) is 3.24. The van der Waals surface area contributed by atoms with E-state index >= 15 is 0 Å². The molecule has 1 aromatic rings. The zero-order valence-electron chi connectivity index (χ0n) is 8.51. The second-order valence-corrected chi connectivity index (χ2v) is 3.65. The van der Waals surface area contributed by atoms with Gasteiger partial charge in [0.1, 0.15) is 0 Å². The molecule has 0 bridgehead atoms. The normalized spacial score (nSPS) is 10.9. The van der Waals surface area contributed by atoms with Gasteiger partial charge >= 0.3 is 5.82 Å². The molecule has 6 nitrogen and oxygen atoms in total. The maximum atomic E-state index is 10.4. The summed E-state index contributed by atoms with van der Waals surface area (Å²) in [5.74, 6) is -0.318. The Morgan fingerprint density at radius 2 is 2.40 bits per heavy atom. The average Bonchev–Trinajstić information content (AvgIpc) is 2.46. The van der Waals surface area contributed by atoms with Gasteiger partial charge in [0.25, 0.3) is 0 Å². The zero-order valence-corrected chi connectivity index (χ0v) is 9.27. The Kier molecular flexibility index (Phi) is 4.05. The fraction of sp³-hybridized carbons (Fsp3) is 0.625. The summed E-state index contributed by atoms with van der Waals surface area (Å²) >= 11 is 5.62. The van der Waals surface area contributed by atoms with Gasteiger partial charge in [-0.2, -0.15) is 4.68 Å². The van der Waals surface area contributed by atoms with E-state index in [9.17, 15) is 10.1 Å². The summed E-state index contributed by atoms with van der Waals surface area (Å²) < 4.78 is 6.69. The van der Waals surface area contributed by atoms with Crippen LogP contribution in [0.4, 0.5) is 5.82 Å². The highest BCUT2D eigenvalue weighted by Gasteiger charge is 2.18. The van der Waals surface area contributed by atoms with Crippen molar-refractivity contribution in [1.29, 1.82) is 0 Å². The standard InChI is InChI=1S/C8H12ClN3O3/c1-6(2)15-4-3-11-5-7(9)8(10-11)12(13)14/h5-6H,3-4H2,1-2H3. The minimum absolute atomic E-state index is 0.0459. The first kappa shape index (κ1) is 11.9. The van der Waals surface area contributed by atoms with E-state index in [4.69, 9.17) is 16.3 Å². The van der Waals surface area contributed by atoms with E-state index < -0.39 is 4.92 Å². The molecule has 15 heavy (non-hydrogen) atoms. The molecule has 84 valence electrons. The van der Waals surface area contributed by atoms with Crippen LogP contribution >= 0.6 is 11.6 Å². The third-order valence-corrected chi connectivity index (χ3v) is 1.91. The predicted octanol–water partition coefficient (Wildman–Crippen LogP) is 1.87. The quantitative estimate of drug-likeness (QED) is 0.575. The first-order valence-electron chi connectivity index (χ1n) is 4.49. The fourth-order valence-corrected chi connectivity index (χ4v) is 1.23. The van der Waals surface area contributed by atoms with Crippen LogP contribution in [0.1, 0.15) is 13.8 Å². The van der Waals surface area contributed by atoms with Gasteiger partial charge < -0.3 is 14.9 Å². The third-order valence-electron chi connectivity index (χ3n) is 1.64. The Labute approximate surface area is 91.9 Å². The molecule has 0 amide bonds. The first-order valence-corrected chi connectivity index (χ1v) is 4.87. The summed E-state index contributed by atoms with van der Waals surface area (Å²) in [4.78, 5) is 9.82. The van der Waals surface area contributed by atoms with Crippen LogP contribution in [-0.4, -0.2) is 27.4 Å². The number of halogens is 1. The Bertz CT molecular complexity index is 351. The van der Waals surface area contributed by atoms with Gasteiger partial charge in [-0.1, -0.05) is 11.6 Å². The minimum Gasteiger partial charge on any atom is -0.377 e. The molecule has 0 unspecified atom stereocenters. The van der Waals surface area contributed by atoms with Crippen LogP contribution in [0, 0.1) is 10.1 Å². The molecule has 1 rings (SSSR count). The molecule has 0 radical (unpaired) electrons. The summed E-state index contributed by atoms with van der Waals surface area (Å²) in [7, 11) is 0. The van der Waals surface area contributed by atoms with Crippen LogP contribution in [0.2, 0.25) is 5.02 Å². The van der Waals surface area contributed by atoms with E-state index in [1.807, 2.05) is 13.8 Å². The minimum atomic E-state index is -0.609. The molecule has 0 N–H and O–H groups in total. The molecule has 0 aliphatic rings. The molecule has 1 heterocycles. The maximum Gasteiger partial charge on any atom is 0.408 e. The number of nitrogens with zero attached hydrogens (tertiary/aromatic N) is 3. The molecule has 1 aromatic heterocycles. The lowest BCUT2D eigenvalue weighted by atomic mass is 10.5. The summed E-state index contributed by atoms with van der Waals surface area (Å²) in [6.07, 6.45) is 1.55. The number of ether oxygens (including phenoxy) is 1. The number of hydrogen-bond acceptors (Lipinski definition) is 4. The molecule has 0 spiro atoms. The molecular formula is C8H12ClN3O3. The SMILES string of the molecule is CC(C)OCCn1cc(Cl)c([N+](=O)[O-])n1. The molecule has 0 aromatic carbocycles. The smallest absolute Gasteiger partial charge is 0.377 e. The van der Waals surface area contributed by atoms with Crippen molar-refractivity contribution < 1.29 is 9.66 Å². The summed E-state index contributed by atoms with van der Waals surface area (Å²) in [5, 5.41) is 14.2. The third kappa shape index (κ3) is 3.49. The van der Waals surface area contributed by atoms with Gasteiger partial charge in [0.2, 0.25) is 0 Å². The molecule has 0 saturated heterocycles. The Morgan fingerprint density at radius 1 is 1.73 bits per heavy atom. The summed E-state index contributed by atoms with van der Waals surface area (Å²) in [5.41, 5.74) is 0. The van der Waals surface area contributed by atoms with Crippen molar-refractivity contribution in [2.45, 2.75) is 26.5 Å². The lowest BCUT2D eigenvalue weighted by Crippen LogP contribution is -2.10. The molecule has 0 fully saturated rings. The highest BCUT2D eigenvalue weighted by Crippen LogP contribution is 2.20. The van der Waals surface area contributed by atoms with Crippen molar-refractivity contribution in [3.8, 4) is 0 Å². The van der Waals surface area contributed by atoms with E-state index in [0.717, 1.165) is 0 Å². The number of aromatic nitrogens is 2. The largest absolute Gasteiger partial charge is 0.408 e. The van der Waals surface area contributed by atoms with E-state index in [0.29, 0.717) is 13.2 Å². The van der Waals surface area contributed by atoms with Gasteiger partial charge in [0.05, 0.1) is 30.6 Å². The maximum absolute atomic E-state index is 10.4. The van der Waals surface area contributed by atoms with Gasteiger partial charge in [-0.05, 0) is 18.8 Å². The number of nitro groups is 1. The number of rotatable bonds is 5. The van der Waals surface area contributed by atoms with E-state index in [-0.39, 0.29) is 16.9 Å². The highest BCUT2D eigenvalue weighted by molar-refractivity contribution is 6.32. The predicted molar refractivity (Wildman–Crippen MR) is 55.0 cm³/mol. The van der Waals surface area contributed by atoms with Crippen molar-refractivity contribution in [2.75, 3.05) is 6.61 Å². The Hall–Kier alpha value is -1.14. The highest BCUT2D eigenvalue weighted by atomic mass is 35.5. The van der Waals surface area contributed by atoms with Crippen molar-refractivity contribution in [1.82, 2.24) is 9.78 Å². The van der Waals surface area contributed by atoms with Crippen LogP contribution in [0.5, 0.6) is 0 Å².